The Morgan fingerprint density at radius 2 is 2.00 bits per heavy atom. The summed E-state index contributed by atoms with van der Waals surface area (Å²) in [6, 6.07) is 9.81. The highest BCUT2D eigenvalue weighted by molar-refractivity contribution is 5.78. The number of rotatable bonds is 6. The summed E-state index contributed by atoms with van der Waals surface area (Å²) in [5.74, 6) is 1.41. The molecule has 6 nitrogen and oxygen atoms in total. The summed E-state index contributed by atoms with van der Waals surface area (Å²) < 4.78 is 7.04. The molecule has 1 heterocycles. The van der Waals surface area contributed by atoms with Crippen molar-refractivity contribution in [3.8, 4) is 11.4 Å². The highest BCUT2D eigenvalue weighted by Crippen LogP contribution is 2.16. The number of likely N-dealkylation sites (N-methyl/N-ethyl adjacent to an activating group) is 1. The molecular formula is C16H22N4O2. The molecule has 6 heteroatoms. The van der Waals surface area contributed by atoms with E-state index in [1.807, 2.05) is 48.9 Å². The summed E-state index contributed by atoms with van der Waals surface area (Å²) in [6.45, 7) is 2.48. The first-order valence-corrected chi connectivity index (χ1v) is 7.23. The van der Waals surface area contributed by atoms with Gasteiger partial charge < -0.3 is 14.2 Å². The zero-order chi connectivity index (χ0) is 16.1. The number of methoxy groups -OCH3 is 1. The first-order chi connectivity index (χ1) is 10.5. The second-order valence-corrected chi connectivity index (χ2v) is 5.36. The zero-order valence-electron chi connectivity index (χ0n) is 13.5. The Morgan fingerprint density at radius 1 is 1.32 bits per heavy atom. The molecule has 0 aliphatic rings. The molecule has 1 aromatic carbocycles. The van der Waals surface area contributed by atoms with E-state index in [4.69, 9.17) is 4.74 Å². The number of carbonyl (C=O) groups is 1. The fourth-order valence-corrected chi connectivity index (χ4v) is 2.19. The van der Waals surface area contributed by atoms with Crippen LogP contribution in [0.1, 0.15) is 12.7 Å². The topological polar surface area (TPSA) is 60.2 Å². The lowest BCUT2D eigenvalue weighted by Crippen LogP contribution is -2.35. The number of nitrogens with zero attached hydrogens (tertiary/aromatic N) is 4. The average Bonchev–Trinajstić information content (AvgIpc) is 2.89. The molecule has 0 saturated heterocycles. The van der Waals surface area contributed by atoms with E-state index in [1.54, 1.807) is 19.1 Å². The van der Waals surface area contributed by atoms with E-state index in [0.717, 1.165) is 11.4 Å². The van der Waals surface area contributed by atoms with E-state index in [-0.39, 0.29) is 18.4 Å². The maximum absolute atomic E-state index is 12.3. The van der Waals surface area contributed by atoms with Crippen molar-refractivity contribution >= 4 is 5.91 Å². The molecule has 1 aromatic heterocycles. The van der Waals surface area contributed by atoms with E-state index in [0.29, 0.717) is 12.4 Å². The van der Waals surface area contributed by atoms with E-state index < -0.39 is 0 Å². The van der Waals surface area contributed by atoms with Gasteiger partial charge in [-0.15, -0.1) is 10.2 Å². The Labute approximate surface area is 130 Å². The van der Waals surface area contributed by atoms with Crippen LogP contribution in [0.3, 0.4) is 0 Å². The Morgan fingerprint density at radius 3 is 2.64 bits per heavy atom. The van der Waals surface area contributed by atoms with Crippen molar-refractivity contribution in [3.63, 3.8) is 0 Å². The monoisotopic (exact) mass is 302 g/mol. The predicted octanol–water partition coefficient (Wildman–Crippen LogP) is 1.52. The summed E-state index contributed by atoms with van der Waals surface area (Å²) in [7, 11) is 5.28. The lowest BCUT2D eigenvalue weighted by molar-refractivity contribution is -0.130. The van der Waals surface area contributed by atoms with Crippen molar-refractivity contribution in [2.45, 2.75) is 19.4 Å². The van der Waals surface area contributed by atoms with Gasteiger partial charge in [0.25, 0.3) is 0 Å². The molecule has 0 bridgehead atoms. The van der Waals surface area contributed by atoms with Crippen LogP contribution >= 0.6 is 0 Å². The summed E-state index contributed by atoms with van der Waals surface area (Å²) in [5.41, 5.74) is 0.984. The minimum Gasteiger partial charge on any atom is -0.380 e. The molecule has 22 heavy (non-hydrogen) atoms. The molecule has 2 rings (SSSR count). The molecule has 0 fully saturated rings. The van der Waals surface area contributed by atoms with Gasteiger partial charge in [-0.25, -0.2) is 0 Å². The second-order valence-electron chi connectivity index (χ2n) is 5.36. The van der Waals surface area contributed by atoms with Gasteiger partial charge in [0.2, 0.25) is 5.91 Å². The third-order valence-electron chi connectivity index (χ3n) is 3.67. The lowest BCUT2D eigenvalue weighted by Gasteiger charge is -2.20. The lowest BCUT2D eigenvalue weighted by atomic mass is 10.2. The molecule has 0 N–H and O–H groups in total. The predicted molar refractivity (Wildman–Crippen MR) is 84.3 cm³/mol. The van der Waals surface area contributed by atoms with Crippen LogP contribution in [-0.2, 0) is 23.0 Å². The Hall–Kier alpha value is -2.21. The summed E-state index contributed by atoms with van der Waals surface area (Å²) in [6.07, 6.45) is 0.233. The average molecular weight is 302 g/mol. The second kappa shape index (κ2) is 7.17. The van der Waals surface area contributed by atoms with Crippen molar-refractivity contribution in [1.82, 2.24) is 19.7 Å². The molecule has 2 aromatic rings. The highest BCUT2D eigenvalue weighted by Gasteiger charge is 2.17. The van der Waals surface area contributed by atoms with Gasteiger partial charge in [-0.2, -0.15) is 0 Å². The number of benzene rings is 1. The smallest absolute Gasteiger partial charge is 0.230 e. The Bertz CT molecular complexity index is 624. The van der Waals surface area contributed by atoms with Gasteiger partial charge in [-0.3, -0.25) is 4.79 Å². The van der Waals surface area contributed by atoms with E-state index in [9.17, 15) is 4.79 Å². The van der Waals surface area contributed by atoms with Gasteiger partial charge in [-0.1, -0.05) is 30.3 Å². The largest absolute Gasteiger partial charge is 0.380 e. The quantitative estimate of drug-likeness (QED) is 0.811. The van der Waals surface area contributed by atoms with Crippen molar-refractivity contribution in [3.05, 3.63) is 36.2 Å². The van der Waals surface area contributed by atoms with Crippen molar-refractivity contribution in [1.29, 1.82) is 0 Å². The van der Waals surface area contributed by atoms with Crippen LogP contribution in [0, 0.1) is 0 Å². The fraction of sp³-hybridized carbons (Fsp3) is 0.438. The maximum Gasteiger partial charge on any atom is 0.230 e. The Balaban J connectivity index is 2.08. The van der Waals surface area contributed by atoms with Crippen LogP contribution in [0.15, 0.2) is 30.3 Å². The van der Waals surface area contributed by atoms with Crippen LogP contribution in [0.2, 0.25) is 0 Å². The third-order valence-corrected chi connectivity index (χ3v) is 3.67. The molecule has 1 unspecified atom stereocenters. The van der Waals surface area contributed by atoms with Gasteiger partial charge in [0, 0.05) is 33.3 Å². The first kappa shape index (κ1) is 16.2. The number of aromatic nitrogens is 3. The van der Waals surface area contributed by atoms with Crippen LogP contribution in [0.25, 0.3) is 11.4 Å². The first-order valence-electron chi connectivity index (χ1n) is 7.23. The molecular weight excluding hydrogens is 280 g/mol. The van der Waals surface area contributed by atoms with Gasteiger partial charge >= 0.3 is 0 Å². The maximum atomic E-state index is 12.3. The van der Waals surface area contributed by atoms with Crippen LogP contribution in [0.4, 0.5) is 0 Å². The van der Waals surface area contributed by atoms with Gasteiger partial charge in [0.15, 0.2) is 5.82 Å². The molecule has 1 atom stereocenters. The normalized spacial score (nSPS) is 12.2. The summed E-state index contributed by atoms with van der Waals surface area (Å²) >= 11 is 0. The summed E-state index contributed by atoms with van der Waals surface area (Å²) in [5, 5.41) is 8.34. The fourth-order valence-electron chi connectivity index (χ4n) is 2.19. The highest BCUT2D eigenvalue weighted by atomic mass is 16.5. The van der Waals surface area contributed by atoms with Gasteiger partial charge in [0.1, 0.15) is 5.82 Å². The van der Waals surface area contributed by atoms with E-state index in [1.165, 1.54) is 0 Å². The SMILES string of the molecule is COC(C)CN(C)C(=O)Cc1nnc(-c2ccccc2)n1C. The van der Waals surface area contributed by atoms with Crippen LogP contribution in [0.5, 0.6) is 0 Å². The van der Waals surface area contributed by atoms with E-state index in [2.05, 4.69) is 10.2 Å². The van der Waals surface area contributed by atoms with Crippen LogP contribution in [-0.4, -0.2) is 52.4 Å². The number of hydrogen-bond donors (Lipinski definition) is 0. The molecule has 0 radical (unpaired) electrons. The van der Waals surface area contributed by atoms with Crippen LogP contribution < -0.4 is 0 Å². The molecule has 1 amide bonds. The summed E-state index contributed by atoms with van der Waals surface area (Å²) in [4.78, 5) is 13.9. The third kappa shape index (κ3) is 3.71. The van der Waals surface area contributed by atoms with Crippen molar-refractivity contribution in [2.75, 3.05) is 20.7 Å². The van der Waals surface area contributed by atoms with Crippen molar-refractivity contribution in [2.24, 2.45) is 7.05 Å². The molecule has 0 spiro atoms. The van der Waals surface area contributed by atoms with E-state index >= 15 is 0 Å². The molecule has 0 aliphatic heterocycles. The molecule has 0 aliphatic carbocycles. The standard InChI is InChI=1S/C16H22N4O2/c1-12(22-4)11-19(2)15(21)10-14-17-18-16(20(14)3)13-8-6-5-7-9-13/h5-9,12H,10-11H2,1-4H3. The van der Waals surface area contributed by atoms with Crippen molar-refractivity contribution < 1.29 is 9.53 Å². The zero-order valence-corrected chi connectivity index (χ0v) is 13.5. The van der Waals surface area contributed by atoms with Gasteiger partial charge in [-0.05, 0) is 6.92 Å². The Kier molecular flexibility index (Phi) is 5.27. The number of carbonyl (C=O) groups excluding carboxylic acids is 1. The number of ether oxygens (including phenoxy) is 1. The van der Waals surface area contributed by atoms with Gasteiger partial charge in [0.05, 0.1) is 12.5 Å². The number of amides is 1. The molecule has 118 valence electrons. The minimum atomic E-state index is -0.000915. The number of hydrogen-bond acceptors (Lipinski definition) is 4. The molecule has 0 saturated carbocycles. The minimum absolute atomic E-state index is 0.000915.